The van der Waals surface area contributed by atoms with Gasteiger partial charge in [-0.25, -0.2) is 0 Å². The molecule has 1 heterocycles. The first-order valence-electron chi connectivity index (χ1n) is 6.57. The van der Waals surface area contributed by atoms with Gasteiger partial charge in [0, 0.05) is 11.8 Å². The van der Waals surface area contributed by atoms with Crippen LogP contribution in [0.5, 0.6) is 5.75 Å². The second-order valence-corrected chi connectivity index (χ2v) is 4.86. The van der Waals surface area contributed by atoms with Gasteiger partial charge < -0.3 is 14.5 Å². The number of ether oxygens (including phenoxy) is 1. The monoisotopic (exact) mass is 316 g/mol. The predicted octanol–water partition coefficient (Wildman–Crippen LogP) is 3.12. The van der Waals surface area contributed by atoms with Gasteiger partial charge in [-0.1, -0.05) is 0 Å². The minimum atomic E-state index is -0.333. The molecule has 1 aromatic carbocycles. The quantitative estimate of drug-likeness (QED) is 0.670. The second kappa shape index (κ2) is 7.42. The van der Waals surface area contributed by atoms with Gasteiger partial charge in [-0.2, -0.15) is 0 Å². The highest BCUT2D eigenvalue weighted by molar-refractivity contribution is 7.80. The molecule has 0 aliphatic heterocycles. The fourth-order valence-electron chi connectivity index (χ4n) is 1.69. The van der Waals surface area contributed by atoms with Crippen LogP contribution < -0.4 is 15.4 Å². The standard InChI is InChI=1S/C16H16N2O3S/c1-11-3-6-14(21-11)9-10-15(19)18-16(22)17-12-4-7-13(20-2)8-5-12/h3-10H,1-2H3,(H2,17,18,19,22)/b10-9+. The van der Waals surface area contributed by atoms with Gasteiger partial charge >= 0.3 is 0 Å². The Morgan fingerprint density at radius 3 is 2.55 bits per heavy atom. The number of hydrogen-bond donors (Lipinski definition) is 2. The summed E-state index contributed by atoms with van der Waals surface area (Å²) in [7, 11) is 1.60. The van der Waals surface area contributed by atoms with Gasteiger partial charge in [0.05, 0.1) is 7.11 Å². The fourth-order valence-corrected chi connectivity index (χ4v) is 1.91. The zero-order valence-corrected chi connectivity index (χ0v) is 13.1. The number of furan rings is 1. The van der Waals surface area contributed by atoms with Crippen LogP contribution in [0.4, 0.5) is 5.69 Å². The molecule has 114 valence electrons. The lowest BCUT2D eigenvalue weighted by Crippen LogP contribution is -2.32. The number of rotatable bonds is 4. The third-order valence-electron chi connectivity index (χ3n) is 2.74. The maximum absolute atomic E-state index is 11.7. The first-order valence-corrected chi connectivity index (χ1v) is 6.98. The number of anilines is 1. The Kier molecular flexibility index (Phi) is 5.32. The number of aryl methyl sites for hydroxylation is 1. The number of thiocarbonyl (C=S) groups is 1. The van der Waals surface area contributed by atoms with Crippen molar-refractivity contribution in [3.63, 3.8) is 0 Å². The Bertz CT molecular complexity index is 690. The molecule has 2 rings (SSSR count). The molecular weight excluding hydrogens is 300 g/mol. The first kappa shape index (κ1) is 15.8. The minimum Gasteiger partial charge on any atom is -0.497 e. The average Bonchev–Trinajstić information content (AvgIpc) is 2.91. The molecule has 0 radical (unpaired) electrons. The molecule has 0 aliphatic carbocycles. The van der Waals surface area contributed by atoms with E-state index in [0.717, 1.165) is 17.2 Å². The zero-order valence-electron chi connectivity index (χ0n) is 12.3. The highest BCUT2D eigenvalue weighted by Gasteiger charge is 2.02. The Morgan fingerprint density at radius 2 is 1.95 bits per heavy atom. The highest BCUT2D eigenvalue weighted by Crippen LogP contribution is 2.14. The lowest BCUT2D eigenvalue weighted by atomic mass is 10.3. The van der Waals surface area contributed by atoms with Crippen molar-refractivity contribution in [2.24, 2.45) is 0 Å². The summed E-state index contributed by atoms with van der Waals surface area (Å²) in [6, 6.07) is 10.8. The number of hydrogen-bond acceptors (Lipinski definition) is 4. The van der Waals surface area contributed by atoms with Gasteiger partial charge in [-0.15, -0.1) is 0 Å². The summed E-state index contributed by atoms with van der Waals surface area (Å²) < 4.78 is 10.4. The van der Waals surface area contributed by atoms with Crippen molar-refractivity contribution in [2.45, 2.75) is 6.92 Å². The molecule has 0 unspecified atom stereocenters. The van der Waals surface area contributed by atoms with Crippen molar-refractivity contribution in [3.8, 4) is 5.75 Å². The molecule has 6 heteroatoms. The molecule has 0 atom stereocenters. The van der Waals surface area contributed by atoms with E-state index in [-0.39, 0.29) is 11.0 Å². The third kappa shape index (κ3) is 4.75. The average molecular weight is 316 g/mol. The number of benzene rings is 1. The smallest absolute Gasteiger partial charge is 0.250 e. The van der Waals surface area contributed by atoms with E-state index in [2.05, 4.69) is 10.6 Å². The zero-order chi connectivity index (χ0) is 15.9. The Labute approximate surface area is 134 Å². The van der Waals surface area contributed by atoms with Gasteiger partial charge in [-0.3, -0.25) is 10.1 Å². The van der Waals surface area contributed by atoms with Crippen LogP contribution in [0.15, 0.2) is 46.9 Å². The van der Waals surface area contributed by atoms with Crippen LogP contribution in [-0.4, -0.2) is 18.1 Å². The van der Waals surface area contributed by atoms with Crippen LogP contribution in [0.3, 0.4) is 0 Å². The first-order chi connectivity index (χ1) is 10.6. The second-order valence-electron chi connectivity index (χ2n) is 4.45. The lowest BCUT2D eigenvalue weighted by molar-refractivity contribution is -0.115. The molecule has 0 saturated heterocycles. The molecule has 1 aromatic heterocycles. The van der Waals surface area contributed by atoms with Crippen molar-refractivity contribution in [2.75, 3.05) is 12.4 Å². The van der Waals surface area contributed by atoms with Crippen LogP contribution in [-0.2, 0) is 4.79 Å². The number of carbonyl (C=O) groups is 1. The van der Waals surface area contributed by atoms with E-state index in [1.54, 1.807) is 43.5 Å². The van der Waals surface area contributed by atoms with E-state index >= 15 is 0 Å². The summed E-state index contributed by atoms with van der Waals surface area (Å²) in [5, 5.41) is 5.69. The van der Waals surface area contributed by atoms with E-state index < -0.39 is 0 Å². The molecule has 0 saturated carbocycles. The molecule has 22 heavy (non-hydrogen) atoms. The van der Waals surface area contributed by atoms with Crippen LogP contribution in [0, 0.1) is 6.92 Å². The van der Waals surface area contributed by atoms with Crippen molar-refractivity contribution >= 4 is 35.0 Å². The molecule has 2 aromatic rings. The summed E-state index contributed by atoms with van der Waals surface area (Å²) in [6.07, 6.45) is 2.94. The molecule has 2 N–H and O–H groups in total. The topological polar surface area (TPSA) is 63.5 Å². The maximum atomic E-state index is 11.7. The van der Waals surface area contributed by atoms with Gasteiger partial charge in [0.25, 0.3) is 0 Å². The molecule has 0 spiro atoms. The summed E-state index contributed by atoms with van der Waals surface area (Å²) >= 11 is 5.08. The van der Waals surface area contributed by atoms with Gasteiger partial charge in [0.15, 0.2) is 5.11 Å². The minimum absolute atomic E-state index is 0.218. The summed E-state index contributed by atoms with van der Waals surface area (Å²) in [4.78, 5) is 11.7. The molecule has 0 fully saturated rings. The number of nitrogens with one attached hydrogen (secondary N) is 2. The maximum Gasteiger partial charge on any atom is 0.250 e. The normalized spacial score (nSPS) is 10.5. The molecule has 0 aliphatic rings. The summed E-state index contributed by atoms with van der Waals surface area (Å²) in [5.41, 5.74) is 0.761. The van der Waals surface area contributed by atoms with Crippen molar-refractivity contribution in [1.29, 1.82) is 0 Å². The number of methoxy groups -OCH3 is 1. The van der Waals surface area contributed by atoms with E-state index in [1.807, 2.05) is 13.0 Å². The highest BCUT2D eigenvalue weighted by atomic mass is 32.1. The number of carbonyl (C=O) groups excluding carboxylic acids is 1. The SMILES string of the molecule is COc1ccc(NC(=S)NC(=O)/C=C/c2ccc(C)o2)cc1. The molecule has 0 bridgehead atoms. The van der Waals surface area contributed by atoms with Crippen LogP contribution in [0.2, 0.25) is 0 Å². The van der Waals surface area contributed by atoms with Gasteiger partial charge in [0.2, 0.25) is 5.91 Å². The fraction of sp³-hybridized carbons (Fsp3) is 0.125. The Morgan fingerprint density at radius 1 is 1.23 bits per heavy atom. The largest absolute Gasteiger partial charge is 0.497 e. The molecule has 5 nitrogen and oxygen atoms in total. The lowest BCUT2D eigenvalue weighted by Gasteiger charge is -2.08. The van der Waals surface area contributed by atoms with Crippen molar-refractivity contribution in [3.05, 3.63) is 54.0 Å². The van der Waals surface area contributed by atoms with Gasteiger partial charge in [0.1, 0.15) is 17.3 Å². The summed E-state index contributed by atoms with van der Waals surface area (Å²) in [6.45, 7) is 1.84. The van der Waals surface area contributed by atoms with E-state index in [1.165, 1.54) is 6.08 Å². The Balaban J connectivity index is 1.85. The van der Waals surface area contributed by atoms with Gasteiger partial charge in [-0.05, 0) is 61.6 Å². The van der Waals surface area contributed by atoms with Crippen molar-refractivity contribution < 1.29 is 13.9 Å². The van der Waals surface area contributed by atoms with Crippen LogP contribution in [0.25, 0.3) is 6.08 Å². The van der Waals surface area contributed by atoms with E-state index in [0.29, 0.717) is 5.76 Å². The predicted molar refractivity (Wildman–Crippen MR) is 89.8 cm³/mol. The van der Waals surface area contributed by atoms with Crippen LogP contribution in [0.1, 0.15) is 11.5 Å². The molecule has 1 amide bonds. The van der Waals surface area contributed by atoms with E-state index in [4.69, 9.17) is 21.4 Å². The third-order valence-corrected chi connectivity index (χ3v) is 2.95. The van der Waals surface area contributed by atoms with Crippen LogP contribution >= 0.6 is 12.2 Å². The molecular formula is C16H16N2O3S. The summed E-state index contributed by atoms with van der Waals surface area (Å²) in [5.74, 6) is 1.82. The Hall–Kier alpha value is -2.60. The van der Waals surface area contributed by atoms with E-state index in [9.17, 15) is 4.79 Å². The van der Waals surface area contributed by atoms with Crippen molar-refractivity contribution in [1.82, 2.24) is 5.32 Å². The number of amides is 1.